The van der Waals surface area contributed by atoms with Gasteiger partial charge in [-0.2, -0.15) is 0 Å². The van der Waals surface area contributed by atoms with Crippen LogP contribution in [0, 0.1) is 14.4 Å². The molecule has 3 heterocycles. The molecular weight excluding hydrogens is 597 g/mol. The molecule has 0 N–H and O–H groups in total. The molecule has 5 heteroatoms. The summed E-state index contributed by atoms with van der Waals surface area (Å²) in [6, 6.07) is 20.4. The van der Waals surface area contributed by atoms with E-state index in [0.717, 1.165) is 34.5 Å². The number of pyridine rings is 2. The van der Waals surface area contributed by atoms with Gasteiger partial charge in [0.1, 0.15) is 15.7 Å². The zero-order chi connectivity index (χ0) is 28.3. The third-order valence-corrected chi connectivity index (χ3v) is 8.98. The number of halogens is 1. The van der Waals surface area contributed by atoms with Crippen molar-refractivity contribution in [3.63, 3.8) is 0 Å². The summed E-state index contributed by atoms with van der Waals surface area (Å²) in [6.45, 7) is 13.9. The molecule has 3 aromatic heterocycles. The Hall–Kier alpha value is -2.79. The smallest absolute Gasteiger partial charge is 0.140 e. The van der Waals surface area contributed by atoms with Crippen molar-refractivity contribution in [1.29, 1.82) is 0 Å². The first-order valence-corrected chi connectivity index (χ1v) is 15.1. The fourth-order valence-corrected chi connectivity index (χ4v) is 7.62. The minimum atomic E-state index is 0.0858. The first-order chi connectivity index (χ1) is 18.8. The van der Waals surface area contributed by atoms with Crippen molar-refractivity contribution in [1.82, 2.24) is 9.38 Å². The summed E-state index contributed by atoms with van der Waals surface area (Å²) >= 11 is 2.46. The summed E-state index contributed by atoms with van der Waals surface area (Å²) in [4.78, 5) is 5.02. The molecule has 0 spiro atoms. The molecule has 4 radical (unpaired) electrons. The van der Waals surface area contributed by atoms with Gasteiger partial charge < -0.3 is 4.40 Å². The van der Waals surface area contributed by atoms with Crippen molar-refractivity contribution >= 4 is 109 Å². The molecule has 2 nitrogen and oxygen atoms in total. The summed E-state index contributed by atoms with van der Waals surface area (Å²) in [6.07, 6.45) is 1.96. The highest BCUT2D eigenvalue weighted by molar-refractivity contribution is 14.1. The molecule has 0 bridgehead atoms. The van der Waals surface area contributed by atoms with Crippen LogP contribution in [0.25, 0.3) is 59.8 Å². The molecule has 194 valence electrons. The standard InChI is InChI=1S/C35H31B2IN2/c1-34(2,3)16-18-11-12-20-19(13-18)14-23-30-28-22(29(36)33(37)39-30)15-25(38)27-21-9-7-8-10-26(21)40(32(27)28)31(23)24(20)17-35(4,5)6/h7-15H,16-17H2,1-6H3. The molecule has 7 rings (SSSR count). The average molecular weight is 628 g/mol. The van der Waals surface area contributed by atoms with Crippen LogP contribution in [-0.2, 0) is 12.8 Å². The average Bonchev–Trinajstić information content (AvgIpc) is 3.20. The lowest BCUT2D eigenvalue weighted by atomic mass is 9.80. The summed E-state index contributed by atoms with van der Waals surface area (Å²) < 4.78 is 3.67. The number of hydrogen-bond acceptors (Lipinski definition) is 1. The van der Waals surface area contributed by atoms with Crippen molar-refractivity contribution in [2.24, 2.45) is 10.8 Å². The molecule has 7 aromatic rings. The Morgan fingerprint density at radius 1 is 0.750 bits per heavy atom. The molecule has 0 fully saturated rings. The van der Waals surface area contributed by atoms with Crippen LogP contribution < -0.4 is 11.1 Å². The quantitative estimate of drug-likeness (QED) is 0.0824. The first kappa shape index (κ1) is 26.1. The van der Waals surface area contributed by atoms with Gasteiger partial charge in [0.2, 0.25) is 0 Å². The van der Waals surface area contributed by atoms with Gasteiger partial charge in [0, 0.05) is 25.1 Å². The molecule has 0 aliphatic rings. The van der Waals surface area contributed by atoms with Gasteiger partial charge in [-0.15, -0.1) is 0 Å². The second kappa shape index (κ2) is 8.61. The molecule has 40 heavy (non-hydrogen) atoms. The van der Waals surface area contributed by atoms with Gasteiger partial charge in [-0.3, -0.25) is 4.98 Å². The second-order valence-corrected chi connectivity index (χ2v) is 15.1. The maximum Gasteiger partial charge on any atom is 0.140 e. The van der Waals surface area contributed by atoms with E-state index in [2.05, 4.69) is 123 Å². The molecule has 0 saturated heterocycles. The van der Waals surface area contributed by atoms with E-state index in [9.17, 15) is 0 Å². The lowest BCUT2D eigenvalue weighted by Crippen LogP contribution is -2.30. The summed E-state index contributed by atoms with van der Waals surface area (Å²) in [7, 11) is 13.1. The zero-order valence-electron chi connectivity index (χ0n) is 24.0. The lowest BCUT2D eigenvalue weighted by molar-refractivity contribution is 0.411. The molecule has 4 aromatic carbocycles. The Morgan fingerprint density at radius 3 is 2.20 bits per heavy atom. The Morgan fingerprint density at radius 2 is 1.48 bits per heavy atom. The van der Waals surface area contributed by atoms with Crippen molar-refractivity contribution in [2.75, 3.05) is 0 Å². The van der Waals surface area contributed by atoms with E-state index in [4.69, 9.17) is 20.7 Å². The van der Waals surface area contributed by atoms with Crippen molar-refractivity contribution in [3.05, 3.63) is 69.3 Å². The summed E-state index contributed by atoms with van der Waals surface area (Å²) in [5, 5.41) is 8.28. The van der Waals surface area contributed by atoms with Crippen LogP contribution in [-0.4, -0.2) is 25.1 Å². The Labute approximate surface area is 251 Å². The topological polar surface area (TPSA) is 17.3 Å². The lowest BCUT2D eigenvalue weighted by Gasteiger charge is -2.24. The Bertz CT molecular complexity index is 2160. The van der Waals surface area contributed by atoms with Gasteiger partial charge in [0.15, 0.2) is 0 Å². The number of para-hydroxylation sites is 1. The van der Waals surface area contributed by atoms with Gasteiger partial charge in [-0.05, 0) is 97.3 Å². The third kappa shape index (κ3) is 3.87. The van der Waals surface area contributed by atoms with Crippen LogP contribution in [0.2, 0.25) is 0 Å². The molecule has 0 amide bonds. The van der Waals surface area contributed by atoms with Crippen LogP contribution in [0.15, 0.2) is 54.6 Å². The maximum atomic E-state index is 6.62. The Kier molecular flexibility index (Phi) is 5.62. The third-order valence-electron chi connectivity index (χ3n) is 8.13. The van der Waals surface area contributed by atoms with E-state index in [0.29, 0.717) is 11.1 Å². The number of fused-ring (bicyclic) bond motifs is 7. The second-order valence-electron chi connectivity index (χ2n) is 13.9. The van der Waals surface area contributed by atoms with E-state index >= 15 is 0 Å². The summed E-state index contributed by atoms with van der Waals surface area (Å²) in [5.74, 6) is 0. The van der Waals surface area contributed by atoms with E-state index in [-0.39, 0.29) is 10.8 Å². The van der Waals surface area contributed by atoms with E-state index < -0.39 is 0 Å². The minimum absolute atomic E-state index is 0.0858. The zero-order valence-corrected chi connectivity index (χ0v) is 26.2. The maximum absolute atomic E-state index is 6.62. The van der Waals surface area contributed by atoms with Crippen molar-refractivity contribution in [2.45, 2.75) is 54.4 Å². The molecule has 0 aliphatic carbocycles. The van der Waals surface area contributed by atoms with E-state index in [1.165, 1.54) is 52.8 Å². The van der Waals surface area contributed by atoms with E-state index in [1.54, 1.807) is 0 Å². The molecule has 0 saturated carbocycles. The number of nitrogens with zero attached hydrogens (tertiary/aromatic N) is 2. The largest absolute Gasteiger partial charge is 0.308 e. The van der Waals surface area contributed by atoms with Crippen LogP contribution in [0.5, 0.6) is 0 Å². The fraction of sp³-hybridized carbons (Fsp3) is 0.286. The number of hydrogen-bond donors (Lipinski definition) is 0. The van der Waals surface area contributed by atoms with Crippen molar-refractivity contribution < 1.29 is 0 Å². The van der Waals surface area contributed by atoms with Gasteiger partial charge in [-0.1, -0.05) is 83.4 Å². The van der Waals surface area contributed by atoms with Gasteiger partial charge in [-0.25, -0.2) is 0 Å². The van der Waals surface area contributed by atoms with Crippen LogP contribution in [0.3, 0.4) is 0 Å². The van der Waals surface area contributed by atoms with Crippen LogP contribution >= 0.6 is 22.6 Å². The highest BCUT2D eigenvalue weighted by Gasteiger charge is 2.26. The number of aromatic nitrogens is 2. The SMILES string of the molecule is [B]c1nc2c3cc4cc(CC(C)(C)C)ccc4c(CC(C)(C)C)c3n3c4ccccc4c4c(I)cc(c1[B])c2c43. The van der Waals surface area contributed by atoms with Crippen molar-refractivity contribution in [3.8, 4) is 0 Å². The molecule has 0 unspecified atom stereocenters. The molecule has 0 aliphatic heterocycles. The minimum Gasteiger partial charge on any atom is -0.308 e. The first-order valence-electron chi connectivity index (χ1n) is 14.0. The predicted molar refractivity (Wildman–Crippen MR) is 184 cm³/mol. The highest BCUT2D eigenvalue weighted by atomic mass is 127. The Balaban J connectivity index is 1.80. The molecular formula is C35H31B2IN2. The number of benzene rings is 4. The van der Waals surface area contributed by atoms with Crippen LogP contribution in [0.1, 0.15) is 52.7 Å². The normalized spacial score (nSPS) is 13.3. The molecule has 0 atom stereocenters. The summed E-state index contributed by atoms with van der Waals surface area (Å²) in [5.41, 5.74) is 8.53. The highest BCUT2D eigenvalue weighted by Crippen LogP contribution is 2.45. The fourth-order valence-electron chi connectivity index (χ4n) is 6.76. The van der Waals surface area contributed by atoms with Gasteiger partial charge in [0.25, 0.3) is 0 Å². The number of rotatable bonds is 2. The van der Waals surface area contributed by atoms with Gasteiger partial charge in [0.05, 0.1) is 22.1 Å². The van der Waals surface area contributed by atoms with Gasteiger partial charge >= 0.3 is 0 Å². The predicted octanol–water partition coefficient (Wildman–Crippen LogP) is 7.91. The monoisotopic (exact) mass is 628 g/mol. The van der Waals surface area contributed by atoms with E-state index in [1.807, 2.05) is 0 Å². The van der Waals surface area contributed by atoms with Crippen LogP contribution in [0.4, 0.5) is 0 Å².